The van der Waals surface area contributed by atoms with E-state index in [0.29, 0.717) is 13.2 Å². The fourth-order valence-electron chi connectivity index (χ4n) is 1.08. The van der Waals surface area contributed by atoms with Crippen molar-refractivity contribution in [3.63, 3.8) is 0 Å². The maximum atomic E-state index is 10.9. The van der Waals surface area contributed by atoms with Gasteiger partial charge in [0.2, 0.25) is 0 Å². The van der Waals surface area contributed by atoms with E-state index in [0.717, 1.165) is 13.1 Å². The Morgan fingerprint density at radius 1 is 1.62 bits per heavy atom. The van der Waals surface area contributed by atoms with Crippen molar-refractivity contribution >= 4 is 5.97 Å². The number of esters is 1. The van der Waals surface area contributed by atoms with Gasteiger partial charge in [-0.05, 0) is 6.92 Å². The van der Waals surface area contributed by atoms with Gasteiger partial charge < -0.3 is 10.1 Å². The summed E-state index contributed by atoms with van der Waals surface area (Å²) in [6, 6.07) is 0. The van der Waals surface area contributed by atoms with Crippen molar-refractivity contribution in [2.45, 2.75) is 13.5 Å². The van der Waals surface area contributed by atoms with Crippen LogP contribution < -0.4 is 5.32 Å². The maximum Gasteiger partial charge on any atom is 0.330 e. The third kappa shape index (κ3) is 5.26. The van der Waals surface area contributed by atoms with Crippen LogP contribution in [0.4, 0.5) is 0 Å². The van der Waals surface area contributed by atoms with Gasteiger partial charge in [-0.1, -0.05) is 11.3 Å². The van der Waals surface area contributed by atoms with Gasteiger partial charge in [0.1, 0.15) is 0 Å². The first kappa shape index (κ1) is 12.4. The van der Waals surface area contributed by atoms with E-state index in [-0.39, 0.29) is 5.97 Å². The van der Waals surface area contributed by atoms with Gasteiger partial charge >= 0.3 is 5.97 Å². The standard InChI is InChI=1S/C10H16N4O2/c1-2-16-10(15)4-3-5-11-6-8-14-9-7-12-13-14/h3-4,7,9,11H,2,5-6,8H2,1H3/b4-3+. The van der Waals surface area contributed by atoms with E-state index in [2.05, 4.69) is 15.6 Å². The summed E-state index contributed by atoms with van der Waals surface area (Å²) >= 11 is 0. The third-order valence-corrected chi connectivity index (χ3v) is 1.79. The molecule has 1 aromatic heterocycles. The summed E-state index contributed by atoms with van der Waals surface area (Å²) in [7, 11) is 0. The SMILES string of the molecule is CCOC(=O)/C=C/CNCCn1ccnn1. The number of nitrogens with one attached hydrogen (secondary N) is 1. The van der Waals surface area contributed by atoms with Crippen LogP contribution in [-0.4, -0.2) is 40.7 Å². The number of nitrogens with zero attached hydrogens (tertiary/aromatic N) is 3. The van der Waals surface area contributed by atoms with Crippen LogP contribution in [0.25, 0.3) is 0 Å². The molecule has 6 nitrogen and oxygen atoms in total. The summed E-state index contributed by atoms with van der Waals surface area (Å²) in [6.45, 7) is 4.35. The van der Waals surface area contributed by atoms with Gasteiger partial charge in [0.05, 0.1) is 19.3 Å². The van der Waals surface area contributed by atoms with E-state index in [4.69, 9.17) is 4.74 Å². The quantitative estimate of drug-likeness (QED) is 0.400. The van der Waals surface area contributed by atoms with Gasteiger partial charge in [-0.3, -0.25) is 4.68 Å². The first-order valence-electron chi connectivity index (χ1n) is 5.21. The van der Waals surface area contributed by atoms with Crippen molar-refractivity contribution in [3.8, 4) is 0 Å². The first-order chi connectivity index (χ1) is 7.83. The summed E-state index contributed by atoms with van der Waals surface area (Å²) in [5.41, 5.74) is 0. The maximum absolute atomic E-state index is 10.9. The Bertz CT molecular complexity index is 322. The van der Waals surface area contributed by atoms with E-state index in [1.54, 1.807) is 30.1 Å². The minimum Gasteiger partial charge on any atom is -0.463 e. The van der Waals surface area contributed by atoms with Crippen LogP contribution in [0.3, 0.4) is 0 Å². The van der Waals surface area contributed by atoms with E-state index in [9.17, 15) is 4.79 Å². The Morgan fingerprint density at radius 2 is 2.50 bits per heavy atom. The van der Waals surface area contributed by atoms with Gasteiger partial charge in [-0.25, -0.2) is 4.79 Å². The largest absolute Gasteiger partial charge is 0.463 e. The molecule has 0 aliphatic heterocycles. The van der Waals surface area contributed by atoms with Crippen LogP contribution in [0.1, 0.15) is 6.92 Å². The highest BCUT2D eigenvalue weighted by molar-refractivity contribution is 5.81. The van der Waals surface area contributed by atoms with Gasteiger partial charge in [-0.2, -0.15) is 0 Å². The van der Waals surface area contributed by atoms with E-state index >= 15 is 0 Å². The van der Waals surface area contributed by atoms with E-state index in [1.165, 1.54) is 6.08 Å². The number of ether oxygens (including phenoxy) is 1. The lowest BCUT2D eigenvalue weighted by molar-refractivity contribution is -0.137. The highest BCUT2D eigenvalue weighted by atomic mass is 16.5. The average Bonchev–Trinajstić information content (AvgIpc) is 2.76. The molecule has 1 heterocycles. The molecule has 1 rings (SSSR count). The Morgan fingerprint density at radius 3 is 3.19 bits per heavy atom. The predicted octanol–water partition coefficient (Wildman–Crippen LogP) is -0.0130. The Balaban J connectivity index is 2.01. The molecule has 0 bridgehead atoms. The number of carbonyl (C=O) groups is 1. The summed E-state index contributed by atoms with van der Waals surface area (Å²) in [5, 5.41) is 10.7. The fraction of sp³-hybridized carbons (Fsp3) is 0.500. The number of aromatic nitrogens is 3. The second kappa shape index (κ2) is 7.58. The zero-order chi connectivity index (χ0) is 11.6. The van der Waals surface area contributed by atoms with Crippen LogP contribution in [0.15, 0.2) is 24.5 Å². The number of hydrogen-bond donors (Lipinski definition) is 1. The van der Waals surface area contributed by atoms with E-state index in [1.807, 2.05) is 0 Å². The van der Waals surface area contributed by atoms with Crippen molar-refractivity contribution in [1.29, 1.82) is 0 Å². The van der Waals surface area contributed by atoms with Crippen molar-refractivity contribution in [2.24, 2.45) is 0 Å². The normalized spacial score (nSPS) is 10.8. The van der Waals surface area contributed by atoms with Gasteiger partial charge in [-0.15, -0.1) is 5.10 Å². The van der Waals surface area contributed by atoms with Crippen molar-refractivity contribution in [3.05, 3.63) is 24.5 Å². The molecule has 0 aromatic carbocycles. The van der Waals surface area contributed by atoms with Crippen LogP contribution >= 0.6 is 0 Å². The number of rotatable bonds is 7. The minimum atomic E-state index is -0.305. The number of hydrogen-bond acceptors (Lipinski definition) is 5. The summed E-state index contributed by atoms with van der Waals surface area (Å²) in [6.07, 6.45) is 6.60. The molecule has 0 atom stereocenters. The molecule has 88 valence electrons. The molecule has 0 fully saturated rings. The lowest BCUT2D eigenvalue weighted by Crippen LogP contribution is -2.20. The molecule has 0 saturated carbocycles. The molecule has 0 aliphatic carbocycles. The van der Waals surface area contributed by atoms with Crippen LogP contribution in [0.5, 0.6) is 0 Å². The number of carbonyl (C=O) groups excluding carboxylic acids is 1. The summed E-state index contributed by atoms with van der Waals surface area (Å²) in [4.78, 5) is 10.9. The van der Waals surface area contributed by atoms with Gasteiger partial charge in [0.25, 0.3) is 0 Å². The molecule has 16 heavy (non-hydrogen) atoms. The molecule has 0 unspecified atom stereocenters. The smallest absolute Gasteiger partial charge is 0.330 e. The topological polar surface area (TPSA) is 69.0 Å². The Labute approximate surface area is 94.3 Å². The molecular weight excluding hydrogens is 208 g/mol. The first-order valence-corrected chi connectivity index (χ1v) is 5.21. The molecule has 0 aliphatic rings. The second-order valence-electron chi connectivity index (χ2n) is 3.02. The van der Waals surface area contributed by atoms with Crippen LogP contribution in [0, 0.1) is 0 Å². The molecule has 0 radical (unpaired) electrons. The van der Waals surface area contributed by atoms with Gasteiger partial charge in [0.15, 0.2) is 0 Å². The molecule has 0 spiro atoms. The third-order valence-electron chi connectivity index (χ3n) is 1.79. The van der Waals surface area contributed by atoms with E-state index < -0.39 is 0 Å². The molecule has 1 aromatic rings. The Kier molecular flexibility index (Phi) is 5.87. The minimum absolute atomic E-state index is 0.305. The molecule has 1 N–H and O–H groups in total. The zero-order valence-electron chi connectivity index (χ0n) is 9.30. The second-order valence-corrected chi connectivity index (χ2v) is 3.02. The summed E-state index contributed by atoms with van der Waals surface area (Å²) < 4.78 is 6.47. The summed E-state index contributed by atoms with van der Waals surface area (Å²) in [5.74, 6) is -0.305. The Hall–Kier alpha value is -1.69. The molecular formula is C10H16N4O2. The fourth-order valence-corrected chi connectivity index (χ4v) is 1.08. The average molecular weight is 224 g/mol. The predicted molar refractivity (Wildman–Crippen MR) is 58.7 cm³/mol. The highest BCUT2D eigenvalue weighted by Crippen LogP contribution is 1.81. The van der Waals surface area contributed by atoms with Crippen LogP contribution in [0.2, 0.25) is 0 Å². The molecule has 6 heteroatoms. The zero-order valence-corrected chi connectivity index (χ0v) is 9.30. The van der Waals surface area contributed by atoms with Crippen molar-refractivity contribution in [1.82, 2.24) is 20.3 Å². The van der Waals surface area contributed by atoms with Gasteiger partial charge in [0, 0.05) is 25.4 Å². The highest BCUT2D eigenvalue weighted by Gasteiger charge is 1.92. The lowest BCUT2D eigenvalue weighted by Gasteiger charge is -2.00. The van der Waals surface area contributed by atoms with Crippen molar-refractivity contribution in [2.75, 3.05) is 19.7 Å². The van der Waals surface area contributed by atoms with Crippen LogP contribution in [-0.2, 0) is 16.1 Å². The monoisotopic (exact) mass is 224 g/mol. The van der Waals surface area contributed by atoms with Crippen molar-refractivity contribution < 1.29 is 9.53 Å². The lowest BCUT2D eigenvalue weighted by atomic mass is 10.4. The molecule has 0 amide bonds. The molecule has 0 saturated heterocycles.